The molecule has 182 valence electrons. The van der Waals surface area contributed by atoms with E-state index in [1.165, 1.54) is 0 Å². The number of benzene rings is 1. The van der Waals surface area contributed by atoms with Crippen molar-refractivity contribution in [2.45, 2.75) is 65.5 Å². The first kappa shape index (κ1) is 27.6. The molecule has 1 aromatic rings. The first-order chi connectivity index (χ1) is 15.5. The Hall–Kier alpha value is -3.40. The van der Waals surface area contributed by atoms with Crippen LogP contribution in [0.25, 0.3) is 0 Å². The van der Waals surface area contributed by atoms with Gasteiger partial charge in [0.15, 0.2) is 0 Å². The second-order valence-electron chi connectivity index (χ2n) is 7.94. The molecular formula is C23H35N5O5. The van der Waals surface area contributed by atoms with Gasteiger partial charge < -0.3 is 32.1 Å². The number of anilines is 1. The number of aliphatic carboxylic acids is 1. The Morgan fingerprint density at radius 3 is 2.18 bits per heavy atom. The SMILES string of the molecule is CCNC(C)C(=O)NC(Cc1ccc(NC(=O)CCCC(=O)NC(N)=C(C)C)cc1)C(=O)O. The highest BCUT2D eigenvalue weighted by atomic mass is 16.4. The summed E-state index contributed by atoms with van der Waals surface area (Å²) in [5, 5.41) is 20.2. The number of likely N-dealkylation sites (N-methyl/N-ethyl adjacent to an activating group) is 1. The van der Waals surface area contributed by atoms with E-state index in [2.05, 4.69) is 21.3 Å². The molecule has 3 amide bonds. The standard InChI is InChI=1S/C23H35N5O5/c1-5-25-15(4)22(31)27-18(23(32)33)13-16-9-11-17(12-10-16)26-19(29)7-6-8-20(30)28-21(24)14(2)3/h9-12,15,18,25H,5-8,13,24H2,1-4H3,(H,26,29)(H,27,31)(H,28,30)(H,32,33). The summed E-state index contributed by atoms with van der Waals surface area (Å²) in [6.45, 7) is 7.70. The number of carbonyl (C=O) groups excluding carboxylic acids is 3. The second-order valence-corrected chi connectivity index (χ2v) is 7.94. The summed E-state index contributed by atoms with van der Waals surface area (Å²) >= 11 is 0. The van der Waals surface area contributed by atoms with Crippen LogP contribution in [-0.4, -0.2) is 47.4 Å². The van der Waals surface area contributed by atoms with Gasteiger partial charge in [0.1, 0.15) is 11.9 Å². The molecule has 0 saturated carbocycles. The topological polar surface area (TPSA) is 163 Å². The molecule has 1 aromatic carbocycles. The first-order valence-corrected chi connectivity index (χ1v) is 10.9. The van der Waals surface area contributed by atoms with Gasteiger partial charge in [0.25, 0.3) is 0 Å². The number of nitrogens with two attached hydrogens (primary N) is 1. The van der Waals surface area contributed by atoms with Crippen molar-refractivity contribution < 1.29 is 24.3 Å². The molecule has 7 N–H and O–H groups in total. The third-order valence-electron chi connectivity index (χ3n) is 4.82. The number of hydrogen-bond donors (Lipinski definition) is 6. The van der Waals surface area contributed by atoms with Crippen LogP contribution in [-0.2, 0) is 25.6 Å². The van der Waals surface area contributed by atoms with Crippen LogP contribution in [0.4, 0.5) is 5.69 Å². The van der Waals surface area contributed by atoms with E-state index in [1.807, 2.05) is 6.92 Å². The van der Waals surface area contributed by atoms with E-state index in [-0.39, 0.29) is 37.0 Å². The van der Waals surface area contributed by atoms with Gasteiger partial charge in [-0.1, -0.05) is 19.1 Å². The van der Waals surface area contributed by atoms with E-state index in [0.29, 0.717) is 30.0 Å². The van der Waals surface area contributed by atoms with Crippen molar-refractivity contribution in [1.29, 1.82) is 0 Å². The van der Waals surface area contributed by atoms with Gasteiger partial charge in [-0.05, 0) is 57.0 Å². The lowest BCUT2D eigenvalue weighted by atomic mass is 10.0. The van der Waals surface area contributed by atoms with E-state index < -0.39 is 18.1 Å². The van der Waals surface area contributed by atoms with E-state index in [0.717, 1.165) is 5.57 Å². The van der Waals surface area contributed by atoms with Gasteiger partial charge in [0.05, 0.1) is 6.04 Å². The van der Waals surface area contributed by atoms with Crippen molar-refractivity contribution in [2.75, 3.05) is 11.9 Å². The summed E-state index contributed by atoms with van der Waals surface area (Å²) in [6.07, 6.45) is 0.825. The second kappa shape index (κ2) is 13.9. The van der Waals surface area contributed by atoms with Crippen LogP contribution < -0.4 is 27.0 Å². The summed E-state index contributed by atoms with van der Waals surface area (Å²) in [5.74, 6) is -1.67. The van der Waals surface area contributed by atoms with Crippen LogP contribution in [0.5, 0.6) is 0 Å². The van der Waals surface area contributed by atoms with Gasteiger partial charge in [-0.3, -0.25) is 14.4 Å². The van der Waals surface area contributed by atoms with Crippen LogP contribution in [0.3, 0.4) is 0 Å². The number of carboxylic acids is 1. The van der Waals surface area contributed by atoms with E-state index in [1.54, 1.807) is 45.0 Å². The third kappa shape index (κ3) is 10.6. The van der Waals surface area contributed by atoms with Crippen LogP contribution in [0, 0.1) is 0 Å². The van der Waals surface area contributed by atoms with E-state index >= 15 is 0 Å². The number of allylic oxidation sites excluding steroid dienone is 1. The summed E-state index contributed by atoms with van der Waals surface area (Å²) in [4.78, 5) is 47.5. The molecule has 0 bridgehead atoms. The van der Waals surface area contributed by atoms with E-state index in [9.17, 15) is 24.3 Å². The Morgan fingerprint density at radius 1 is 1.03 bits per heavy atom. The smallest absolute Gasteiger partial charge is 0.326 e. The van der Waals surface area contributed by atoms with Crippen molar-refractivity contribution in [2.24, 2.45) is 5.73 Å². The number of nitrogens with one attached hydrogen (secondary N) is 4. The fourth-order valence-corrected chi connectivity index (χ4v) is 2.83. The zero-order valence-electron chi connectivity index (χ0n) is 19.7. The minimum Gasteiger partial charge on any atom is -0.480 e. The Bertz CT molecular complexity index is 862. The molecule has 33 heavy (non-hydrogen) atoms. The highest BCUT2D eigenvalue weighted by Crippen LogP contribution is 2.12. The molecule has 0 aromatic heterocycles. The van der Waals surface area contributed by atoms with Crippen LogP contribution in [0.15, 0.2) is 35.7 Å². The minimum absolute atomic E-state index is 0.109. The van der Waals surface area contributed by atoms with Gasteiger partial charge >= 0.3 is 5.97 Å². The fourth-order valence-electron chi connectivity index (χ4n) is 2.83. The van der Waals surface area contributed by atoms with Gasteiger partial charge in [-0.2, -0.15) is 0 Å². The zero-order valence-corrected chi connectivity index (χ0v) is 19.7. The molecule has 0 aliphatic heterocycles. The molecule has 10 nitrogen and oxygen atoms in total. The molecule has 0 fully saturated rings. The molecule has 2 unspecified atom stereocenters. The Morgan fingerprint density at radius 2 is 1.64 bits per heavy atom. The molecule has 0 saturated heterocycles. The molecule has 0 spiro atoms. The summed E-state index contributed by atoms with van der Waals surface area (Å²) < 4.78 is 0. The molecule has 0 radical (unpaired) electrons. The Kier molecular flexibility index (Phi) is 11.6. The van der Waals surface area contributed by atoms with Gasteiger partial charge in [-0.25, -0.2) is 4.79 Å². The predicted octanol–water partition coefficient (Wildman–Crippen LogP) is 1.23. The molecule has 0 aliphatic rings. The first-order valence-electron chi connectivity index (χ1n) is 10.9. The maximum atomic E-state index is 12.1. The Labute approximate surface area is 194 Å². The van der Waals surface area contributed by atoms with E-state index in [4.69, 9.17) is 5.73 Å². The number of rotatable bonds is 13. The van der Waals surface area contributed by atoms with Gasteiger partial charge in [0.2, 0.25) is 17.7 Å². The summed E-state index contributed by atoms with van der Waals surface area (Å²) in [6, 6.07) is 5.16. The van der Waals surface area contributed by atoms with Crippen LogP contribution in [0.1, 0.15) is 52.5 Å². The van der Waals surface area contributed by atoms with Crippen molar-refractivity contribution in [3.8, 4) is 0 Å². The van der Waals surface area contributed by atoms with Crippen LogP contribution >= 0.6 is 0 Å². The van der Waals surface area contributed by atoms with Crippen molar-refractivity contribution in [3.63, 3.8) is 0 Å². The van der Waals surface area contributed by atoms with Gasteiger partial charge in [0, 0.05) is 24.9 Å². The van der Waals surface area contributed by atoms with Crippen LogP contribution in [0.2, 0.25) is 0 Å². The molecule has 1 rings (SSSR count). The summed E-state index contributed by atoms with van der Waals surface area (Å²) in [5.41, 5.74) is 7.73. The summed E-state index contributed by atoms with van der Waals surface area (Å²) in [7, 11) is 0. The molecule has 0 heterocycles. The number of carbonyl (C=O) groups is 4. The van der Waals surface area contributed by atoms with Crippen molar-refractivity contribution in [3.05, 3.63) is 41.2 Å². The van der Waals surface area contributed by atoms with Gasteiger partial charge in [-0.15, -0.1) is 0 Å². The third-order valence-corrected chi connectivity index (χ3v) is 4.82. The number of carboxylic acid groups (broad SMARTS) is 1. The molecule has 0 aliphatic carbocycles. The van der Waals surface area contributed by atoms with Crippen molar-refractivity contribution in [1.82, 2.24) is 16.0 Å². The Balaban J connectivity index is 2.53. The largest absolute Gasteiger partial charge is 0.480 e. The average molecular weight is 462 g/mol. The fraction of sp³-hybridized carbons (Fsp3) is 0.478. The minimum atomic E-state index is -1.13. The normalized spacial score (nSPS) is 12.2. The highest BCUT2D eigenvalue weighted by Gasteiger charge is 2.23. The predicted molar refractivity (Wildman–Crippen MR) is 126 cm³/mol. The zero-order chi connectivity index (χ0) is 25.0. The maximum Gasteiger partial charge on any atom is 0.326 e. The lowest BCUT2D eigenvalue weighted by molar-refractivity contribution is -0.142. The monoisotopic (exact) mass is 461 g/mol. The quantitative estimate of drug-likeness (QED) is 0.257. The number of hydrogen-bond acceptors (Lipinski definition) is 6. The number of amides is 3. The van der Waals surface area contributed by atoms with Crippen molar-refractivity contribution >= 4 is 29.4 Å². The lowest BCUT2D eigenvalue weighted by Gasteiger charge is -2.18. The molecule has 2 atom stereocenters. The molecular weight excluding hydrogens is 426 g/mol. The lowest BCUT2D eigenvalue weighted by Crippen LogP contribution is -2.49. The average Bonchev–Trinajstić information content (AvgIpc) is 2.74. The highest BCUT2D eigenvalue weighted by molar-refractivity contribution is 5.91. The molecule has 10 heteroatoms. The maximum absolute atomic E-state index is 12.1.